The van der Waals surface area contributed by atoms with E-state index in [2.05, 4.69) is 20.8 Å². The quantitative estimate of drug-likeness (QED) is 0.765. The van der Waals surface area contributed by atoms with E-state index in [1.807, 2.05) is 30.3 Å². The Bertz CT molecular complexity index is 566. The molecule has 0 aliphatic rings. The summed E-state index contributed by atoms with van der Waals surface area (Å²) in [4.78, 5) is 14.4. The van der Waals surface area contributed by atoms with E-state index in [0.717, 1.165) is 11.4 Å². The van der Waals surface area contributed by atoms with Crippen LogP contribution in [0.25, 0.3) is 5.69 Å². The van der Waals surface area contributed by atoms with Crippen LogP contribution >= 0.6 is 0 Å². The monoisotopic (exact) mass is 288 g/mol. The summed E-state index contributed by atoms with van der Waals surface area (Å²) in [6.45, 7) is 1.87. The second-order valence-corrected chi connectivity index (χ2v) is 4.76. The molecule has 1 aromatic carbocycles. The SMILES string of the molecule is CN(C)C(=O)NCCNCc1cnn(-c2ccccc2)n1. The van der Waals surface area contributed by atoms with Gasteiger partial charge >= 0.3 is 6.03 Å². The van der Waals surface area contributed by atoms with Crippen LogP contribution in [0.15, 0.2) is 36.5 Å². The molecule has 2 N–H and O–H groups in total. The third kappa shape index (κ3) is 4.57. The zero-order chi connectivity index (χ0) is 15.1. The van der Waals surface area contributed by atoms with E-state index in [0.29, 0.717) is 19.6 Å². The van der Waals surface area contributed by atoms with Gasteiger partial charge in [0.25, 0.3) is 0 Å². The Labute approximate surface area is 123 Å². The largest absolute Gasteiger partial charge is 0.337 e. The molecule has 112 valence electrons. The lowest BCUT2D eigenvalue weighted by Gasteiger charge is -2.11. The number of carbonyl (C=O) groups excluding carboxylic acids is 1. The van der Waals surface area contributed by atoms with Gasteiger partial charge < -0.3 is 15.5 Å². The van der Waals surface area contributed by atoms with Gasteiger partial charge in [-0.3, -0.25) is 0 Å². The van der Waals surface area contributed by atoms with Crippen LogP contribution in [0, 0.1) is 0 Å². The smallest absolute Gasteiger partial charge is 0.316 e. The summed E-state index contributed by atoms with van der Waals surface area (Å²) >= 11 is 0. The summed E-state index contributed by atoms with van der Waals surface area (Å²) in [6, 6.07) is 9.67. The minimum Gasteiger partial charge on any atom is -0.337 e. The first kappa shape index (κ1) is 15.0. The van der Waals surface area contributed by atoms with E-state index >= 15 is 0 Å². The molecule has 2 aromatic rings. The maximum Gasteiger partial charge on any atom is 0.316 e. The van der Waals surface area contributed by atoms with Gasteiger partial charge in [0.1, 0.15) is 0 Å². The lowest BCUT2D eigenvalue weighted by Crippen LogP contribution is -2.38. The minimum atomic E-state index is -0.0909. The first-order valence-corrected chi connectivity index (χ1v) is 6.79. The van der Waals surface area contributed by atoms with Crippen LogP contribution in [0.4, 0.5) is 4.79 Å². The van der Waals surface area contributed by atoms with Gasteiger partial charge in [0.05, 0.1) is 17.6 Å². The van der Waals surface area contributed by atoms with Crippen molar-refractivity contribution in [3.8, 4) is 5.69 Å². The third-order valence-electron chi connectivity index (χ3n) is 2.82. The molecule has 0 saturated heterocycles. The molecule has 0 aliphatic heterocycles. The number of aromatic nitrogens is 3. The molecular weight excluding hydrogens is 268 g/mol. The molecule has 0 saturated carbocycles. The third-order valence-corrected chi connectivity index (χ3v) is 2.82. The maximum absolute atomic E-state index is 11.3. The highest BCUT2D eigenvalue weighted by Gasteiger charge is 2.03. The van der Waals surface area contributed by atoms with Crippen LogP contribution in [0.5, 0.6) is 0 Å². The molecule has 0 fully saturated rings. The van der Waals surface area contributed by atoms with E-state index in [1.54, 1.807) is 25.1 Å². The minimum absolute atomic E-state index is 0.0909. The van der Waals surface area contributed by atoms with Crippen molar-refractivity contribution in [1.29, 1.82) is 0 Å². The summed E-state index contributed by atoms with van der Waals surface area (Å²) in [5, 5.41) is 14.6. The Morgan fingerprint density at radius 1 is 1.24 bits per heavy atom. The highest BCUT2D eigenvalue weighted by molar-refractivity contribution is 5.73. The summed E-state index contributed by atoms with van der Waals surface area (Å²) in [5.74, 6) is 0. The number of benzene rings is 1. The molecule has 1 aromatic heterocycles. The predicted molar refractivity (Wildman–Crippen MR) is 80.2 cm³/mol. The van der Waals surface area contributed by atoms with Crippen LogP contribution in [-0.4, -0.2) is 53.1 Å². The molecule has 21 heavy (non-hydrogen) atoms. The number of hydrogen-bond donors (Lipinski definition) is 2. The summed E-state index contributed by atoms with van der Waals surface area (Å²) in [6.07, 6.45) is 1.73. The fourth-order valence-electron chi connectivity index (χ4n) is 1.69. The number of para-hydroxylation sites is 1. The van der Waals surface area contributed by atoms with Gasteiger partial charge in [0.2, 0.25) is 0 Å². The second-order valence-electron chi connectivity index (χ2n) is 4.76. The van der Waals surface area contributed by atoms with Gasteiger partial charge in [0, 0.05) is 33.7 Å². The highest BCUT2D eigenvalue weighted by Crippen LogP contribution is 2.03. The van der Waals surface area contributed by atoms with Crippen molar-refractivity contribution in [1.82, 2.24) is 30.5 Å². The molecule has 7 nitrogen and oxygen atoms in total. The zero-order valence-electron chi connectivity index (χ0n) is 12.3. The summed E-state index contributed by atoms with van der Waals surface area (Å²) < 4.78 is 0. The molecular formula is C14H20N6O. The van der Waals surface area contributed by atoms with Gasteiger partial charge in [-0.05, 0) is 12.1 Å². The van der Waals surface area contributed by atoms with E-state index < -0.39 is 0 Å². The van der Waals surface area contributed by atoms with Crippen molar-refractivity contribution >= 4 is 6.03 Å². The normalized spacial score (nSPS) is 10.4. The van der Waals surface area contributed by atoms with Gasteiger partial charge in [-0.25, -0.2) is 4.79 Å². The predicted octanol–water partition coefficient (Wildman–Crippen LogP) is 0.628. The fourth-order valence-corrected chi connectivity index (χ4v) is 1.69. The van der Waals surface area contributed by atoms with Crippen molar-refractivity contribution in [2.24, 2.45) is 0 Å². The van der Waals surface area contributed by atoms with Gasteiger partial charge in [-0.15, -0.1) is 0 Å². The van der Waals surface area contributed by atoms with Crippen LogP contribution in [0.1, 0.15) is 5.69 Å². The summed E-state index contributed by atoms with van der Waals surface area (Å²) in [5.41, 5.74) is 1.79. The van der Waals surface area contributed by atoms with Gasteiger partial charge in [-0.2, -0.15) is 15.0 Å². The Kier molecular flexibility index (Phi) is 5.28. The Morgan fingerprint density at radius 3 is 2.71 bits per heavy atom. The fraction of sp³-hybridized carbons (Fsp3) is 0.357. The standard InChI is InChI=1S/C14H20N6O/c1-19(2)14(21)16-9-8-15-10-12-11-17-20(18-12)13-6-4-3-5-7-13/h3-7,11,15H,8-10H2,1-2H3,(H,16,21). The maximum atomic E-state index is 11.3. The van der Waals surface area contributed by atoms with Crippen molar-refractivity contribution in [3.05, 3.63) is 42.2 Å². The van der Waals surface area contributed by atoms with Gasteiger partial charge in [-0.1, -0.05) is 18.2 Å². The molecule has 0 atom stereocenters. The number of nitrogens with one attached hydrogen (secondary N) is 2. The van der Waals surface area contributed by atoms with Crippen LogP contribution < -0.4 is 10.6 Å². The molecule has 0 aliphatic carbocycles. The average Bonchev–Trinajstić information content (AvgIpc) is 2.96. The first-order chi connectivity index (χ1) is 10.2. The molecule has 7 heteroatoms. The van der Waals surface area contributed by atoms with Crippen LogP contribution in [-0.2, 0) is 6.54 Å². The van der Waals surface area contributed by atoms with Crippen molar-refractivity contribution in [3.63, 3.8) is 0 Å². The number of nitrogens with zero attached hydrogens (tertiary/aromatic N) is 4. The van der Waals surface area contributed by atoms with E-state index in [9.17, 15) is 4.79 Å². The molecule has 0 radical (unpaired) electrons. The zero-order valence-corrected chi connectivity index (χ0v) is 12.3. The van der Waals surface area contributed by atoms with Crippen molar-refractivity contribution in [2.45, 2.75) is 6.54 Å². The van der Waals surface area contributed by atoms with E-state index in [1.165, 1.54) is 4.90 Å². The first-order valence-electron chi connectivity index (χ1n) is 6.79. The Hall–Kier alpha value is -2.41. The number of rotatable bonds is 6. The second kappa shape index (κ2) is 7.39. The van der Waals surface area contributed by atoms with Crippen molar-refractivity contribution in [2.75, 3.05) is 27.2 Å². The van der Waals surface area contributed by atoms with Crippen LogP contribution in [0.2, 0.25) is 0 Å². The van der Waals surface area contributed by atoms with E-state index in [4.69, 9.17) is 0 Å². The topological polar surface area (TPSA) is 75.1 Å². The highest BCUT2D eigenvalue weighted by atomic mass is 16.2. The lowest BCUT2D eigenvalue weighted by molar-refractivity contribution is 0.217. The van der Waals surface area contributed by atoms with Crippen LogP contribution in [0.3, 0.4) is 0 Å². The molecule has 1 heterocycles. The molecule has 0 bridgehead atoms. The number of urea groups is 1. The molecule has 0 unspecified atom stereocenters. The molecule has 2 rings (SSSR count). The van der Waals surface area contributed by atoms with Gasteiger partial charge in [0.15, 0.2) is 0 Å². The lowest BCUT2D eigenvalue weighted by atomic mass is 10.3. The number of carbonyl (C=O) groups is 1. The molecule has 0 spiro atoms. The number of hydrogen-bond acceptors (Lipinski definition) is 4. The van der Waals surface area contributed by atoms with Crippen molar-refractivity contribution < 1.29 is 4.79 Å². The number of amides is 2. The Morgan fingerprint density at radius 2 is 2.00 bits per heavy atom. The molecule has 2 amide bonds. The van der Waals surface area contributed by atoms with E-state index in [-0.39, 0.29) is 6.03 Å². The Balaban J connectivity index is 1.73. The summed E-state index contributed by atoms with van der Waals surface area (Å²) in [7, 11) is 3.43. The average molecular weight is 288 g/mol.